The van der Waals surface area contributed by atoms with Crippen molar-refractivity contribution in [1.82, 2.24) is 0 Å². The van der Waals surface area contributed by atoms with Gasteiger partial charge in [0.1, 0.15) is 19.3 Å². The molecule has 47 heavy (non-hydrogen) atoms. The predicted octanol–water partition coefficient (Wildman–Crippen LogP) is 10.9. The summed E-state index contributed by atoms with van der Waals surface area (Å²) in [6, 6.07) is 0. The van der Waals surface area contributed by atoms with Gasteiger partial charge in [0.05, 0.1) is 34.4 Å². The molecule has 0 saturated carbocycles. The van der Waals surface area contributed by atoms with Crippen LogP contribution in [0.4, 0.5) is 0 Å². The highest BCUT2D eigenvalue weighted by atomic mass is 31.2. The summed E-state index contributed by atoms with van der Waals surface area (Å²) in [7, 11) is 1.68. The molecule has 0 rings (SSSR count). The SMILES string of the molecule is CCCCCCCCCCCCCCCCCCC(=O)OC(COCCCCCCCCCCC)COP(=O)(O)OCC[N+](C)(C)C. The second-order valence-corrected chi connectivity index (χ2v) is 16.1. The lowest BCUT2D eigenvalue weighted by Gasteiger charge is -2.24. The number of hydrogen-bond donors (Lipinski definition) is 1. The number of carbonyl (C=O) groups is 1. The lowest BCUT2D eigenvalue weighted by atomic mass is 10.0. The summed E-state index contributed by atoms with van der Waals surface area (Å²) >= 11 is 0. The third-order valence-corrected chi connectivity index (χ3v) is 9.65. The van der Waals surface area contributed by atoms with Gasteiger partial charge in [0.2, 0.25) is 0 Å². The topological polar surface area (TPSA) is 91.3 Å². The van der Waals surface area contributed by atoms with Crippen LogP contribution in [0.1, 0.15) is 181 Å². The molecule has 0 aliphatic carbocycles. The summed E-state index contributed by atoms with van der Waals surface area (Å²) in [6.45, 7) is 5.64. The number of likely N-dealkylation sites (N-methyl/N-ethyl adjacent to an activating group) is 1. The van der Waals surface area contributed by atoms with Gasteiger partial charge in [0.25, 0.3) is 0 Å². The van der Waals surface area contributed by atoms with Crippen LogP contribution in [0, 0.1) is 0 Å². The van der Waals surface area contributed by atoms with E-state index < -0.39 is 13.9 Å². The summed E-state index contributed by atoms with van der Waals surface area (Å²) in [5, 5.41) is 0. The fourth-order valence-corrected chi connectivity index (χ4v) is 6.29. The van der Waals surface area contributed by atoms with E-state index in [4.69, 9.17) is 18.5 Å². The standard InChI is InChI=1S/C38H78NO7P/c1-6-8-10-12-14-16-17-18-19-20-21-22-23-25-27-29-31-38(40)46-37(36-45-47(41,42)44-34-32-39(3,4)5)35-43-33-30-28-26-24-15-13-11-9-7-2/h37H,6-36H2,1-5H3/p+1. The highest BCUT2D eigenvalue weighted by molar-refractivity contribution is 7.47. The van der Waals surface area contributed by atoms with Gasteiger partial charge in [-0.3, -0.25) is 13.8 Å². The summed E-state index contributed by atoms with van der Waals surface area (Å²) in [5.41, 5.74) is 0. The average Bonchev–Trinajstić information content (AvgIpc) is 3.01. The molecule has 0 bridgehead atoms. The monoisotopic (exact) mass is 693 g/mol. The van der Waals surface area contributed by atoms with E-state index in [1.165, 1.54) is 128 Å². The highest BCUT2D eigenvalue weighted by Gasteiger charge is 2.26. The molecule has 1 N–H and O–H groups in total. The van der Waals surface area contributed by atoms with Crippen molar-refractivity contribution in [1.29, 1.82) is 0 Å². The van der Waals surface area contributed by atoms with E-state index in [9.17, 15) is 14.3 Å². The Morgan fingerprint density at radius 1 is 0.574 bits per heavy atom. The highest BCUT2D eigenvalue weighted by Crippen LogP contribution is 2.43. The number of quaternary nitrogens is 1. The Hall–Kier alpha value is -0.500. The van der Waals surface area contributed by atoms with Crippen LogP contribution in [0.2, 0.25) is 0 Å². The number of phosphoric acid groups is 1. The minimum absolute atomic E-state index is 0.0933. The number of ether oxygens (including phenoxy) is 2. The molecule has 0 amide bonds. The van der Waals surface area contributed by atoms with Gasteiger partial charge in [-0.1, -0.05) is 162 Å². The number of carbonyl (C=O) groups excluding carboxylic acids is 1. The van der Waals surface area contributed by atoms with Crippen molar-refractivity contribution in [3.8, 4) is 0 Å². The van der Waals surface area contributed by atoms with Gasteiger partial charge >= 0.3 is 13.8 Å². The molecule has 0 aliphatic heterocycles. The van der Waals surface area contributed by atoms with Gasteiger partial charge < -0.3 is 18.9 Å². The molecular weight excluding hydrogens is 613 g/mol. The maximum Gasteiger partial charge on any atom is 0.472 e. The first-order chi connectivity index (χ1) is 22.6. The van der Waals surface area contributed by atoms with Crippen LogP contribution in [0.3, 0.4) is 0 Å². The molecule has 0 aromatic rings. The summed E-state index contributed by atoms with van der Waals surface area (Å²) in [6.07, 6.45) is 31.2. The number of nitrogens with zero attached hydrogens (tertiary/aromatic N) is 1. The lowest BCUT2D eigenvalue weighted by Crippen LogP contribution is -2.37. The molecule has 0 heterocycles. The van der Waals surface area contributed by atoms with Gasteiger partial charge in [-0.05, 0) is 12.8 Å². The van der Waals surface area contributed by atoms with Crippen molar-refractivity contribution in [2.45, 2.75) is 187 Å². The maximum atomic E-state index is 12.6. The van der Waals surface area contributed by atoms with Crippen LogP contribution < -0.4 is 0 Å². The molecule has 0 radical (unpaired) electrons. The van der Waals surface area contributed by atoms with Gasteiger partial charge in [-0.15, -0.1) is 0 Å². The first-order valence-electron chi connectivity index (χ1n) is 19.8. The molecule has 9 heteroatoms. The number of rotatable bonds is 37. The van der Waals surface area contributed by atoms with Crippen molar-refractivity contribution in [2.24, 2.45) is 0 Å². The van der Waals surface area contributed by atoms with Crippen LogP contribution in [0.25, 0.3) is 0 Å². The normalized spacial score (nSPS) is 13.9. The van der Waals surface area contributed by atoms with E-state index in [1.54, 1.807) is 0 Å². The lowest BCUT2D eigenvalue weighted by molar-refractivity contribution is -0.870. The van der Waals surface area contributed by atoms with Crippen LogP contribution in [0.5, 0.6) is 0 Å². The molecule has 282 valence electrons. The van der Waals surface area contributed by atoms with E-state index in [1.807, 2.05) is 21.1 Å². The Bertz CT molecular complexity index is 731. The molecule has 0 spiro atoms. The molecule has 0 aromatic heterocycles. The smallest absolute Gasteiger partial charge is 0.457 e. The number of phosphoric ester groups is 1. The molecule has 0 fully saturated rings. The van der Waals surface area contributed by atoms with Crippen LogP contribution in [0.15, 0.2) is 0 Å². The Morgan fingerprint density at radius 3 is 1.40 bits per heavy atom. The van der Waals surface area contributed by atoms with Gasteiger partial charge in [0, 0.05) is 13.0 Å². The molecule has 0 aliphatic rings. The molecular formula is C38H79NO7P+. The minimum Gasteiger partial charge on any atom is -0.457 e. The average molecular weight is 693 g/mol. The second kappa shape index (κ2) is 32.7. The van der Waals surface area contributed by atoms with Crippen LogP contribution in [-0.2, 0) is 27.9 Å². The summed E-state index contributed by atoms with van der Waals surface area (Å²) < 4.78 is 34.8. The molecule has 2 unspecified atom stereocenters. The number of esters is 1. The zero-order valence-corrected chi connectivity index (χ0v) is 32.7. The van der Waals surface area contributed by atoms with Gasteiger partial charge in [-0.25, -0.2) is 4.57 Å². The van der Waals surface area contributed by atoms with Crippen LogP contribution in [-0.4, -0.2) is 75.6 Å². The van der Waals surface area contributed by atoms with Crippen molar-refractivity contribution < 1.29 is 37.3 Å². The Balaban J connectivity index is 4.20. The summed E-state index contributed by atoms with van der Waals surface area (Å²) in [4.78, 5) is 22.7. The van der Waals surface area contributed by atoms with Crippen molar-refractivity contribution in [3.63, 3.8) is 0 Å². The second-order valence-electron chi connectivity index (χ2n) is 14.7. The first kappa shape index (κ1) is 46.5. The number of unbranched alkanes of at least 4 members (excludes halogenated alkanes) is 23. The fourth-order valence-electron chi connectivity index (χ4n) is 5.55. The van der Waals surface area contributed by atoms with E-state index in [2.05, 4.69) is 13.8 Å². The molecule has 8 nitrogen and oxygen atoms in total. The number of hydrogen-bond acceptors (Lipinski definition) is 6. The third kappa shape index (κ3) is 36.6. The predicted molar refractivity (Wildman–Crippen MR) is 197 cm³/mol. The van der Waals surface area contributed by atoms with E-state index in [0.29, 0.717) is 24.1 Å². The molecule has 0 saturated heterocycles. The largest absolute Gasteiger partial charge is 0.472 e. The Morgan fingerprint density at radius 2 is 0.979 bits per heavy atom. The zero-order chi connectivity index (χ0) is 34.9. The fraction of sp³-hybridized carbons (Fsp3) is 0.974. The quantitative estimate of drug-likeness (QED) is 0.0300. The Kier molecular flexibility index (Phi) is 32.3. The maximum absolute atomic E-state index is 12.6. The minimum atomic E-state index is -4.26. The molecule has 0 aromatic carbocycles. The van der Waals surface area contributed by atoms with E-state index in [0.717, 1.165) is 32.1 Å². The third-order valence-electron chi connectivity index (χ3n) is 8.67. The molecule has 2 atom stereocenters. The van der Waals surface area contributed by atoms with Gasteiger partial charge in [-0.2, -0.15) is 0 Å². The van der Waals surface area contributed by atoms with Crippen molar-refractivity contribution in [3.05, 3.63) is 0 Å². The zero-order valence-electron chi connectivity index (χ0n) is 31.8. The summed E-state index contributed by atoms with van der Waals surface area (Å²) in [5.74, 6) is -0.311. The van der Waals surface area contributed by atoms with Crippen LogP contribution >= 0.6 is 7.82 Å². The van der Waals surface area contributed by atoms with E-state index in [-0.39, 0.29) is 25.8 Å². The first-order valence-corrected chi connectivity index (χ1v) is 21.3. The van der Waals surface area contributed by atoms with Crippen molar-refractivity contribution >= 4 is 13.8 Å². The van der Waals surface area contributed by atoms with E-state index >= 15 is 0 Å². The Labute approximate surface area is 291 Å². The van der Waals surface area contributed by atoms with Gasteiger partial charge in [0.15, 0.2) is 0 Å². The van der Waals surface area contributed by atoms with Crippen molar-refractivity contribution in [2.75, 3.05) is 54.1 Å².